The lowest BCUT2D eigenvalue weighted by atomic mass is 10.5. The predicted molar refractivity (Wildman–Crippen MR) is 57.6 cm³/mol. The third kappa shape index (κ3) is 2.49. The highest BCUT2D eigenvalue weighted by atomic mass is 127. The maximum atomic E-state index is 4.94. The first kappa shape index (κ1) is 8.38. The van der Waals surface area contributed by atoms with E-state index in [1.165, 1.54) is 3.58 Å². The molecule has 2 nitrogen and oxygen atoms in total. The molecule has 4 heteroatoms. The highest BCUT2D eigenvalue weighted by Gasteiger charge is 1.94. The van der Waals surface area contributed by atoms with Crippen LogP contribution in [0.2, 0.25) is 0 Å². The Kier molecular flexibility index (Phi) is 3.53. The van der Waals surface area contributed by atoms with Crippen LogP contribution in [-0.2, 0) is 3.07 Å². The van der Waals surface area contributed by atoms with Crippen LogP contribution in [0.5, 0.6) is 0 Å². The van der Waals surface area contributed by atoms with Crippen molar-refractivity contribution in [3.63, 3.8) is 0 Å². The largest absolute Gasteiger partial charge is 0.410 e. The Labute approximate surface area is 87.2 Å². The van der Waals surface area contributed by atoms with Gasteiger partial charge in [0.05, 0.1) is 0 Å². The zero-order valence-electron chi connectivity index (χ0n) is 4.97. The molecule has 0 atom stereocenters. The van der Waals surface area contributed by atoms with Crippen molar-refractivity contribution in [3.8, 4) is 0 Å². The first-order valence-corrected chi connectivity index (χ1v) is 4.58. The maximum Gasteiger partial charge on any atom is 0.202 e. The van der Waals surface area contributed by atoms with E-state index in [1.807, 2.05) is 47.4 Å². The molecule has 0 aromatic heterocycles. The molecule has 1 rings (SSSR count). The van der Waals surface area contributed by atoms with Crippen LogP contribution in [-0.4, -0.2) is 0 Å². The quantitative estimate of drug-likeness (QED) is 0.726. The molecule has 0 saturated carbocycles. The van der Waals surface area contributed by atoms with Crippen LogP contribution in [0.4, 0.5) is 0 Å². The van der Waals surface area contributed by atoms with Gasteiger partial charge in [0.1, 0.15) is 0 Å². The van der Waals surface area contributed by atoms with Gasteiger partial charge in [0.2, 0.25) is 5.88 Å². The van der Waals surface area contributed by atoms with Gasteiger partial charge in [0, 0.05) is 15.9 Å². The molecule has 0 amide bonds. The summed E-state index contributed by atoms with van der Waals surface area (Å²) in [6.07, 6.45) is 7.68. The number of rotatable bonds is 1. The second-order valence-electron chi connectivity index (χ2n) is 1.64. The van der Waals surface area contributed by atoms with Gasteiger partial charge in [-0.25, -0.2) is 0 Å². The molecule has 54 valence electrons. The number of halogens is 2. The summed E-state index contributed by atoms with van der Waals surface area (Å²) in [5.41, 5.74) is 0. The number of nitrogens with one attached hydrogen (secondary N) is 1. The summed E-state index contributed by atoms with van der Waals surface area (Å²) in [6.45, 7) is 0. The van der Waals surface area contributed by atoms with Crippen LogP contribution >= 0.6 is 45.6 Å². The van der Waals surface area contributed by atoms with Crippen LogP contribution < -0.4 is 5.32 Å². The van der Waals surface area contributed by atoms with Crippen molar-refractivity contribution < 1.29 is 3.07 Å². The van der Waals surface area contributed by atoms with Crippen LogP contribution in [0.1, 0.15) is 0 Å². The third-order valence-electron chi connectivity index (χ3n) is 0.945. The molecule has 1 aliphatic rings. The van der Waals surface area contributed by atoms with Crippen molar-refractivity contribution in [2.24, 2.45) is 0 Å². The van der Waals surface area contributed by atoms with E-state index >= 15 is 0 Å². The Morgan fingerprint density at radius 1 is 1.40 bits per heavy atom. The number of allylic oxidation sites excluding steroid dienone is 4. The summed E-state index contributed by atoms with van der Waals surface area (Å²) in [5, 5.41) is 2.96. The van der Waals surface area contributed by atoms with E-state index in [0.717, 1.165) is 5.88 Å². The summed E-state index contributed by atoms with van der Waals surface area (Å²) in [5.74, 6) is 0.753. The van der Waals surface area contributed by atoms with E-state index in [2.05, 4.69) is 27.9 Å². The lowest BCUT2D eigenvalue weighted by Crippen LogP contribution is -2.02. The molecule has 0 saturated heterocycles. The van der Waals surface area contributed by atoms with Crippen LogP contribution in [0, 0.1) is 0 Å². The van der Waals surface area contributed by atoms with Crippen molar-refractivity contribution in [3.05, 3.63) is 33.9 Å². The van der Waals surface area contributed by atoms with E-state index in [9.17, 15) is 0 Å². The molecule has 0 spiro atoms. The maximum absolute atomic E-state index is 4.94. The van der Waals surface area contributed by atoms with Crippen molar-refractivity contribution >= 4 is 45.6 Å². The van der Waals surface area contributed by atoms with Gasteiger partial charge < -0.3 is 8.38 Å². The second-order valence-corrected chi connectivity index (χ2v) is 3.32. The van der Waals surface area contributed by atoms with E-state index in [1.54, 1.807) is 0 Å². The molecule has 1 N–H and O–H groups in total. The molecule has 10 heavy (non-hydrogen) atoms. The smallest absolute Gasteiger partial charge is 0.202 e. The van der Waals surface area contributed by atoms with E-state index < -0.39 is 0 Å². The van der Waals surface area contributed by atoms with E-state index in [0.29, 0.717) is 0 Å². The van der Waals surface area contributed by atoms with E-state index in [4.69, 9.17) is 3.07 Å². The molecular formula is C6H5I2NO. The summed E-state index contributed by atoms with van der Waals surface area (Å²) in [4.78, 5) is 0. The van der Waals surface area contributed by atoms with Gasteiger partial charge >= 0.3 is 0 Å². The lowest BCUT2D eigenvalue weighted by molar-refractivity contribution is 0.520. The number of hydrogen-bond acceptors (Lipinski definition) is 2. The Bertz CT molecular complexity index is 208. The van der Waals surface area contributed by atoms with Crippen LogP contribution in [0.15, 0.2) is 33.9 Å². The molecule has 0 aliphatic carbocycles. The standard InChI is InChI=1S/C6H5I2NO/c7-5-1-2-6(10-8)9-4-3-5/h1-4,9H. The zero-order valence-corrected chi connectivity index (χ0v) is 9.29. The minimum absolute atomic E-state index is 0.753. The highest BCUT2D eigenvalue weighted by molar-refractivity contribution is 14.1. The molecule has 0 unspecified atom stereocenters. The molecule has 0 fully saturated rings. The Morgan fingerprint density at radius 2 is 2.20 bits per heavy atom. The monoisotopic (exact) mass is 361 g/mol. The van der Waals surface area contributed by atoms with Crippen molar-refractivity contribution in [2.75, 3.05) is 0 Å². The van der Waals surface area contributed by atoms with Crippen molar-refractivity contribution in [1.29, 1.82) is 0 Å². The van der Waals surface area contributed by atoms with Gasteiger partial charge in [0.15, 0.2) is 23.0 Å². The fourth-order valence-electron chi connectivity index (χ4n) is 0.510. The molecule has 0 bridgehead atoms. The van der Waals surface area contributed by atoms with Gasteiger partial charge in [-0.15, -0.1) is 0 Å². The van der Waals surface area contributed by atoms with E-state index in [-0.39, 0.29) is 0 Å². The number of hydrogen-bond donors (Lipinski definition) is 1. The van der Waals surface area contributed by atoms with Crippen molar-refractivity contribution in [1.82, 2.24) is 5.32 Å². The molecule has 1 heterocycles. The fourth-order valence-corrected chi connectivity index (χ4v) is 1.14. The first-order valence-electron chi connectivity index (χ1n) is 2.62. The molecule has 0 radical (unpaired) electrons. The fraction of sp³-hybridized carbons (Fsp3) is 0. The third-order valence-corrected chi connectivity index (χ3v) is 2.14. The molecule has 0 aromatic carbocycles. The average Bonchev–Trinajstić information content (AvgIpc) is 2.14. The normalized spacial score (nSPS) is 16.6. The average molecular weight is 361 g/mol. The van der Waals surface area contributed by atoms with Gasteiger partial charge in [-0.3, -0.25) is 0 Å². The topological polar surface area (TPSA) is 21.3 Å². The lowest BCUT2D eigenvalue weighted by Gasteiger charge is -1.98. The Morgan fingerprint density at radius 3 is 2.90 bits per heavy atom. The Hall–Kier alpha value is 0.280. The van der Waals surface area contributed by atoms with Gasteiger partial charge in [0.25, 0.3) is 0 Å². The van der Waals surface area contributed by atoms with Gasteiger partial charge in [-0.2, -0.15) is 0 Å². The van der Waals surface area contributed by atoms with Crippen LogP contribution in [0.3, 0.4) is 0 Å². The minimum Gasteiger partial charge on any atom is -0.410 e. The minimum atomic E-state index is 0.753. The van der Waals surface area contributed by atoms with Crippen LogP contribution in [0.25, 0.3) is 0 Å². The first-order chi connectivity index (χ1) is 4.83. The van der Waals surface area contributed by atoms with Crippen molar-refractivity contribution in [2.45, 2.75) is 0 Å². The predicted octanol–water partition coefficient (Wildman–Crippen LogP) is 2.63. The summed E-state index contributed by atoms with van der Waals surface area (Å²) >= 11 is 4.07. The summed E-state index contributed by atoms with van der Waals surface area (Å²) < 4.78 is 6.11. The summed E-state index contributed by atoms with van der Waals surface area (Å²) in [7, 11) is 0. The highest BCUT2D eigenvalue weighted by Crippen LogP contribution is 2.11. The molecular weight excluding hydrogens is 356 g/mol. The zero-order chi connectivity index (χ0) is 7.40. The summed E-state index contributed by atoms with van der Waals surface area (Å²) in [6, 6.07) is 0. The second kappa shape index (κ2) is 4.22. The van der Waals surface area contributed by atoms with Gasteiger partial charge in [-0.05, 0) is 34.7 Å². The Balaban J connectivity index is 2.74. The molecule has 0 aromatic rings. The molecule has 1 aliphatic heterocycles. The SMILES string of the molecule is IOC1=CC=C(I)C=CN1. The van der Waals surface area contributed by atoms with Gasteiger partial charge in [-0.1, -0.05) is 0 Å².